The van der Waals surface area contributed by atoms with Crippen molar-refractivity contribution in [3.63, 3.8) is 0 Å². The van der Waals surface area contributed by atoms with Gasteiger partial charge in [0, 0.05) is 12.3 Å². The van der Waals surface area contributed by atoms with E-state index in [1.54, 1.807) is 31.5 Å². The zero-order valence-corrected chi connectivity index (χ0v) is 11.8. The molecule has 0 saturated carbocycles. The topological polar surface area (TPSA) is 55.1 Å². The number of pyridine rings is 1. The van der Waals surface area contributed by atoms with E-state index in [1.165, 1.54) is 0 Å². The molecule has 0 N–H and O–H groups in total. The Kier molecular flexibility index (Phi) is 3.90. The van der Waals surface area contributed by atoms with Gasteiger partial charge in [-0.15, -0.1) is 0 Å². The van der Waals surface area contributed by atoms with Crippen molar-refractivity contribution in [3.05, 3.63) is 53.9 Å². The fourth-order valence-electron chi connectivity index (χ4n) is 1.87. The molecule has 1 aromatic heterocycles. The quantitative estimate of drug-likeness (QED) is 0.854. The molecule has 102 valence electrons. The highest BCUT2D eigenvalue weighted by molar-refractivity contribution is 5.47. The minimum absolute atomic E-state index is 0.532. The molecule has 0 aliphatic rings. The van der Waals surface area contributed by atoms with E-state index in [0.717, 1.165) is 5.69 Å². The second-order valence-electron chi connectivity index (χ2n) is 4.80. The van der Waals surface area contributed by atoms with Crippen LogP contribution in [-0.4, -0.2) is 12.1 Å². The summed E-state index contributed by atoms with van der Waals surface area (Å²) in [6, 6.07) is 12.9. The Hall–Kier alpha value is -2.54. The maximum absolute atomic E-state index is 8.90. The van der Waals surface area contributed by atoms with Gasteiger partial charge in [-0.25, -0.2) is 0 Å². The van der Waals surface area contributed by atoms with Crippen molar-refractivity contribution in [2.75, 3.05) is 7.11 Å². The van der Waals surface area contributed by atoms with E-state index in [1.807, 2.05) is 32.0 Å². The fourth-order valence-corrected chi connectivity index (χ4v) is 1.87. The number of methoxy groups -OCH3 is 1. The maximum Gasteiger partial charge on any atom is 0.162 e. The average Bonchev–Trinajstić information content (AvgIpc) is 2.48. The summed E-state index contributed by atoms with van der Waals surface area (Å²) in [4.78, 5) is 4.32. The molecular weight excluding hydrogens is 252 g/mol. The molecule has 0 unspecified atom stereocenters. The molecule has 2 aromatic rings. The molecule has 0 saturated heterocycles. The predicted octanol–water partition coefficient (Wildman–Crippen LogP) is 3.28. The normalized spacial score (nSPS) is 10.7. The minimum Gasteiger partial charge on any atom is -0.493 e. The molecule has 2 rings (SSSR count). The van der Waals surface area contributed by atoms with Gasteiger partial charge in [-0.05, 0) is 38.1 Å². The van der Waals surface area contributed by atoms with E-state index in [4.69, 9.17) is 14.7 Å². The SMILES string of the molecule is COc1cc(C#N)ccc1OC(C)(C)c1ccccn1. The summed E-state index contributed by atoms with van der Waals surface area (Å²) in [7, 11) is 1.55. The van der Waals surface area contributed by atoms with Crippen molar-refractivity contribution in [1.29, 1.82) is 5.26 Å². The number of nitrogens with zero attached hydrogens (tertiary/aromatic N) is 2. The smallest absolute Gasteiger partial charge is 0.162 e. The van der Waals surface area contributed by atoms with Crippen LogP contribution in [0.25, 0.3) is 0 Å². The van der Waals surface area contributed by atoms with Gasteiger partial charge in [-0.1, -0.05) is 6.07 Å². The van der Waals surface area contributed by atoms with Crippen LogP contribution in [0, 0.1) is 11.3 Å². The summed E-state index contributed by atoms with van der Waals surface area (Å²) in [5, 5.41) is 8.90. The number of rotatable bonds is 4. The number of aromatic nitrogens is 1. The third-order valence-corrected chi connectivity index (χ3v) is 2.94. The Balaban J connectivity index is 2.32. The number of nitriles is 1. The molecule has 1 heterocycles. The molecule has 0 aliphatic carbocycles. The molecular formula is C16H16N2O2. The van der Waals surface area contributed by atoms with E-state index in [0.29, 0.717) is 17.1 Å². The highest BCUT2D eigenvalue weighted by atomic mass is 16.5. The van der Waals surface area contributed by atoms with E-state index >= 15 is 0 Å². The van der Waals surface area contributed by atoms with Crippen LogP contribution in [0.4, 0.5) is 0 Å². The largest absolute Gasteiger partial charge is 0.493 e. The molecule has 0 aliphatic heterocycles. The number of hydrogen-bond donors (Lipinski definition) is 0. The second-order valence-corrected chi connectivity index (χ2v) is 4.80. The Bertz CT molecular complexity index is 631. The molecule has 0 bridgehead atoms. The third kappa shape index (κ3) is 2.89. The zero-order chi connectivity index (χ0) is 14.6. The van der Waals surface area contributed by atoms with Crippen LogP contribution >= 0.6 is 0 Å². The molecule has 0 atom stereocenters. The van der Waals surface area contributed by atoms with Gasteiger partial charge in [0.2, 0.25) is 0 Å². The summed E-state index contributed by atoms with van der Waals surface area (Å²) in [6.07, 6.45) is 1.73. The lowest BCUT2D eigenvalue weighted by Gasteiger charge is -2.26. The Morgan fingerprint density at radius 1 is 1.15 bits per heavy atom. The Morgan fingerprint density at radius 2 is 1.95 bits per heavy atom. The molecule has 20 heavy (non-hydrogen) atoms. The molecule has 0 spiro atoms. The van der Waals surface area contributed by atoms with Crippen molar-refractivity contribution in [3.8, 4) is 17.6 Å². The maximum atomic E-state index is 8.90. The summed E-state index contributed by atoms with van der Waals surface area (Å²) in [5.41, 5.74) is 0.763. The first kappa shape index (κ1) is 13.9. The van der Waals surface area contributed by atoms with Crippen LogP contribution in [0.5, 0.6) is 11.5 Å². The Morgan fingerprint density at radius 3 is 2.55 bits per heavy atom. The van der Waals surface area contributed by atoms with Crippen LogP contribution in [0.1, 0.15) is 25.1 Å². The number of benzene rings is 1. The van der Waals surface area contributed by atoms with Crippen LogP contribution in [0.3, 0.4) is 0 Å². The predicted molar refractivity (Wildman–Crippen MR) is 75.6 cm³/mol. The lowest BCUT2D eigenvalue weighted by Crippen LogP contribution is -2.26. The van der Waals surface area contributed by atoms with Gasteiger partial charge in [0.05, 0.1) is 24.4 Å². The third-order valence-electron chi connectivity index (χ3n) is 2.94. The average molecular weight is 268 g/mol. The summed E-state index contributed by atoms with van der Waals surface area (Å²) in [5.74, 6) is 1.12. The van der Waals surface area contributed by atoms with E-state index in [-0.39, 0.29) is 0 Å². The first-order chi connectivity index (χ1) is 9.56. The first-order valence-corrected chi connectivity index (χ1v) is 6.25. The van der Waals surface area contributed by atoms with Crippen molar-refractivity contribution in [1.82, 2.24) is 4.98 Å². The lowest BCUT2D eigenvalue weighted by molar-refractivity contribution is 0.0992. The van der Waals surface area contributed by atoms with Crippen LogP contribution in [0.2, 0.25) is 0 Å². The standard InChI is InChI=1S/C16H16N2O2/c1-16(2,15-6-4-5-9-18-15)20-13-8-7-12(11-17)10-14(13)19-3/h4-10H,1-3H3. The molecule has 4 nitrogen and oxygen atoms in total. The van der Waals surface area contributed by atoms with Crippen molar-refractivity contribution < 1.29 is 9.47 Å². The first-order valence-electron chi connectivity index (χ1n) is 6.25. The van der Waals surface area contributed by atoms with Gasteiger partial charge in [0.15, 0.2) is 11.5 Å². The van der Waals surface area contributed by atoms with E-state index in [9.17, 15) is 0 Å². The van der Waals surface area contributed by atoms with Gasteiger partial charge in [0.1, 0.15) is 5.60 Å². The minimum atomic E-state index is -0.595. The zero-order valence-electron chi connectivity index (χ0n) is 11.8. The van der Waals surface area contributed by atoms with Gasteiger partial charge >= 0.3 is 0 Å². The monoisotopic (exact) mass is 268 g/mol. The van der Waals surface area contributed by atoms with Gasteiger partial charge in [0.25, 0.3) is 0 Å². The van der Waals surface area contributed by atoms with Crippen molar-refractivity contribution in [2.45, 2.75) is 19.4 Å². The van der Waals surface area contributed by atoms with Crippen LogP contribution in [-0.2, 0) is 5.60 Å². The number of hydrogen-bond acceptors (Lipinski definition) is 4. The summed E-state index contributed by atoms with van der Waals surface area (Å²) >= 11 is 0. The van der Waals surface area contributed by atoms with Gasteiger partial charge < -0.3 is 9.47 Å². The highest BCUT2D eigenvalue weighted by Crippen LogP contribution is 2.34. The van der Waals surface area contributed by atoms with Crippen molar-refractivity contribution >= 4 is 0 Å². The fraction of sp³-hybridized carbons (Fsp3) is 0.250. The molecule has 0 radical (unpaired) electrons. The van der Waals surface area contributed by atoms with Crippen molar-refractivity contribution in [2.24, 2.45) is 0 Å². The summed E-state index contributed by atoms with van der Waals surface area (Å²) in [6.45, 7) is 3.87. The summed E-state index contributed by atoms with van der Waals surface area (Å²) < 4.78 is 11.3. The molecule has 0 fully saturated rings. The molecule has 1 aromatic carbocycles. The van der Waals surface area contributed by atoms with Gasteiger partial charge in [-0.3, -0.25) is 4.98 Å². The molecule has 4 heteroatoms. The Labute approximate surface area is 118 Å². The second kappa shape index (κ2) is 5.62. The van der Waals surface area contributed by atoms with Gasteiger partial charge in [-0.2, -0.15) is 5.26 Å². The lowest BCUT2D eigenvalue weighted by atomic mass is 10.0. The van der Waals surface area contributed by atoms with E-state index in [2.05, 4.69) is 11.1 Å². The molecule has 0 amide bonds. The number of ether oxygens (including phenoxy) is 2. The van der Waals surface area contributed by atoms with E-state index < -0.39 is 5.60 Å². The van der Waals surface area contributed by atoms with Crippen LogP contribution < -0.4 is 9.47 Å². The highest BCUT2D eigenvalue weighted by Gasteiger charge is 2.25. The van der Waals surface area contributed by atoms with Crippen LogP contribution in [0.15, 0.2) is 42.6 Å².